The third-order valence-electron chi connectivity index (χ3n) is 12.8. The Morgan fingerprint density at radius 1 is 0.972 bits per heavy atom. The van der Waals surface area contributed by atoms with Gasteiger partial charge in [-0.1, -0.05) is 24.3 Å². The number of carbonyl (C=O) groups is 4. The van der Waals surface area contributed by atoms with E-state index in [4.69, 9.17) is 31.2 Å². The number of hydrogen-bond acceptors (Lipinski definition) is 13. The number of ether oxygens (including phenoxy) is 4. The lowest BCUT2D eigenvalue weighted by Gasteiger charge is -2.36. The first-order chi connectivity index (χ1) is 34.4. The molecule has 0 radical (unpaired) electrons. The Bertz CT molecular complexity index is 2620. The normalized spacial score (nSPS) is 18.7. The number of rotatable bonds is 22. The molecule has 4 atom stereocenters. The van der Waals surface area contributed by atoms with Crippen molar-refractivity contribution in [1.82, 2.24) is 20.5 Å². The Balaban J connectivity index is 0.770. The van der Waals surface area contributed by atoms with E-state index < -0.39 is 64.7 Å². The van der Waals surface area contributed by atoms with E-state index in [1.165, 1.54) is 11.0 Å². The number of aliphatic hydroxyl groups excluding tert-OH is 1. The van der Waals surface area contributed by atoms with E-state index in [2.05, 4.69) is 15.6 Å². The van der Waals surface area contributed by atoms with Crippen LogP contribution in [-0.2, 0) is 39.6 Å². The van der Waals surface area contributed by atoms with Crippen LogP contribution in [0.2, 0.25) is 0 Å². The molecule has 1 unspecified atom stereocenters. The molecule has 3 aliphatic heterocycles. The summed E-state index contributed by atoms with van der Waals surface area (Å²) in [6, 6.07) is 17.1. The Morgan fingerprint density at radius 2 is 1.65 bits per heavy atom. The largest absolute Gasteiger partial charge is 0.494 e. The predicted octanol–water partition coefficient (Wildman–Crippen LogP) is 6.87. The van der Waals surface area contributed by atoms with Crippen LogP contribution in [0.25, 0.3) is 10.4 Å². The van der Waals surface area contributed by atoms with Gasteiger partial charge in [0.15, 0.2) is 5.11 Å². The second kappa shape index (κ2) is 23.7. The highest BCUT2D eigenvalue weighted by Crippen LogP contribution is 2.40. The number of amides is 4. The van der Waals surface area contributed by atoms with Gasteiger partial charge in [0, 0.05) is 44.4 Å². The van der Waals surface area contributed by atoms with Crippen LogP contribution in [0.15, 0.2) is 72.2 Å². The summed E-state index contributed by atoms with van der Waals surface area (Å²) >= 11 is 7.18. The molecule has 7 rings (SSSR count). The molecule has 4 aromatic rings. The minimum Gasteiger partial charge on any atom is -0.494 e. The van der Waals surface area contributed by atoms with Gasteiger partial charge in [-0.05, 0) is 119 Å². The third-order valence-corrected chi connectivity index (χ3v) is 14.2. The number of β-amino-alcohol motifs (C(OH)–C–C–N with tert-alkyl or cyclic N) is 1. The van der Waals surface area contributed by atoms with E-state index in [0.29, 0.717) is 37.7 Å². The number of hydrogen-bond donors (Lipinski definition) is 3. The second-order valence-corrected chi connectivity index (χ2v) is 19.7. The number of nitrogens with zero attached hydrogens (tertiary/aromatic N) is 5. The lowest BCUT2D eigenvalue weighted by Crippen LogP contribution is -2.59. The molecule has 1 aromatic heterocycles. The number of carbonyl (C=O) groups excluding carboxylic acids is 4. The van der Waals surface area contributed by atoms with E-state index in [9.17, 15) is 42.7 Å². The maximum Gasteiger partial charge on any atom is 0.417 e. The monoisotopic (exact) mass is 1030 g/mol. The van der Waals surface area contributed by atoms with Crippen molar-refractivity contribution in [2.24, 2.45) is 5.92 Å². The van der Waals surface area contributed by atoms with Crippen LogP contribution >= 0.6 is 23.6 Å². The van der Waals surface area contributed by atoms with Gasteiger partial charge in [0.2, 0.25) is 17.7 Å². The lowest BCUT2D eigenvalue weighted by atomic mass is 9.96. The van der Waals surface area contributed by atoms with Crippen LogP contribution < -0.4 is 25.2 Å². The van der Waals surface area contributed by atoms with Gasteiger partial charge < -0.3 is 44.5 Å². The number of nitrogens with one attached hydrogen (secondary N) is 2. The molecular formula is C51H58F3N7O9S2. The van der Waals surface area contributed by atoms with Crippen molar-refractivity contribution in [1.29, 1.82) is 5.26 Å². The van der Waals surface area contributed by atoms with Crippen LogP contribution in [0.1, 0.15) is 81.3 Å². The van der Waals surface area contributed by atoms with Gasteiger partial charge in [0.1, 0.15) is 30.0 Å². The average Bonchev–Trinajstić information content (AvgIpc) is 4.00. The summed E-state index contributed by atoms with van der Waals surface area (Å²) in [5.74, 6) is -1.56. The summed E-state index contributed by atoms with van der Waals surface area (Å²) in [7, 11) is 0. The van der Waals surface area contributed by atoms with Crippen molar-refractivity contribution in [2.75, 3.05) is 62.6 Å². The van der Waals surface area contributed by atoms with Crippen molar-refractivity contribution in [3.05, 3.63) is 94.6 Å². The number of unbranched alkanes of at least 4 members (excludes halogenated alkanes) is 2. The topological polar surface area (TPSA) is 196 Å². The SMILES string of the molecule is Cc1ncsc1-c1ccc([C@H](C)NC(=O)[C@@H]2C[C@@H](O)CN2C(=O)C(NC(=O)COCCCOCCCCCOc2ccc(N3C(=S)N(c4ccc(C#N)c(C(F)(F)F)c4)C(=O)C3(C)C)cc2)C2COC2)cc1. The summed E-state index contributed by atoms with van der Waals surface area (Å²) < 4.78 is 63.7. The Kier molecular flexibility index (Phi) is 17.7. The zero-order chi connectivity index (χ0) is 51.7. The summed E-state index contributed by atoms with van der Waals surface area (Å²) in [6.45, 7) is 8.94. The van der Waals surface area contributed by atoms with E-state index in [-0.39, 0.29) is 62.2 Å². The highest BCUT2D eigenvalue weighted by molar-refractivity contribution is 7.81. The number of benzene rings is 3. The first-order valence-corrected chi connectivity index (χ1v) is 25.0. The first-order valence-electron chi connectivity index (χ1n) is 23.7. The molecule has 3 N–H and O–H groups in total. The Morgan fingerprint density at radius 3 is 2.31 bits per heavy atom. The molecule has 3 aromatic carbocycles. The van der Waals surface area contributed by atoms with Crippen molar-refractivity contribution >= 4 is 63.7 Å². The van der Waals surface area contributed by atoms with Crippen molar-refractivity contribution < 1.29 is 56.4 Å². The molecular weight excluding hydrogens is 976 g/mol. The van der Waals surface area contributed by atoms with E-state index >= 15 is 0 Å². The summed E-state index contributed by atoms with van der Waals surface area (Å²) in [5, 5.41) is 25.6. The quantitative estimate of drug-likeness (QED) is 0.0546. The summed E-state index contributed by atoms with van der Waals surface area (Å²) in [5.41, 5.74) is 2.20. The van der Waals surface area contributed by atoms with Gasteiger partial charge in [0.05, 0.1) is 70.9 Å². The highest BCUT2D eigenvalue weighted by atomic mass is 32.1. The molecule has 16 nitrogen and oxygen atoms in total. The number of aliphatic hydroxyl groups is 1. The molecule has 21 heteroatoms. The summed E-state index contributed by atoms with van der Waals surface area (Å²) in [4.78, 5) is 63.5. The van der Waals surface area contributed by atoms with Crippen LogP contribution in [0.3, 0.4) is 0 Å². The molecule has 384 valence electrons. The molecule has 72 heavy (non-hydrogen) atoms. The number of nitriles is 1. The predicted molar refractivity (Wildman–Crippen MR) is 266 cm³/mol. The van der Waals surface area contributed by atoms with Gasteiger partial charge in [-0.25, -0.2) is 4.98 Å². The van der Waals surface area contributed by atoms with Crippen LogP contribution in [-0.4, -0.2) is 120 Å². The van der Waals surface area contributed by atoms with Crippen LogP contribution in [0.5, 0.6) is 5.75 Å². The van der Waals surface area contributed by atoms with Gasteiger partial charge in [0.25, 0.3) is 5.91 Å². The molecule has 3 saturated heterocycles. The Hall–Kier alpha value is -6.02. The Labute approximate surface area is 425 Å². The van der Waals surface area contributed by atoms with E-state index in [1.54, 1.807) is 65.9 Å². The standard InChI is InChI=1S/C51H58F3N7O9S2/c1-31(33-9-11-34(12-10-33)45-32(2)56-30-72-45)57-46(64)42-24-39(62)26-59(42)47(65)44(36-27-69-28-36)58-43(63)29-68-21-8-20-67-19-6-5-7-22-70-40-17-15-37(16-18-40)61-49(71)60(48(66)50(61,3)4)38-14-13-35(25-55)41(23-38)51(52,53)54/h9-18,23,30-31,36,39,42,44,62H,5-8,19-22,24,26-29H2,1-4H3,(H,57,64)(H,58,63)/t31-,39+,42-,44?/m0/s1. The van der Waals surface area contributed by atoms with Gasteiger partial charge in [-0.15, -0.1) is 11.3 Å². The van der Waals surface area contributed by atoms with Crippen LogP contribution in [0, 0.1) is 24.2 Å². The van der Waals surface area contributed by atoms with Crippen molar-refractivity contribution in [3.8, 4) is 22.3 Å². The zero-order valence-corrected chi connectivity index (χ0v) is 42.0. The molecule has 3 fully saturated rings. The second-order valence-electron chi connectivity index (χ2n) is 18.4. The first kappa shape index (κ1) is 53.8. The van der Waals surface area contributed by atoms with Crippen molar-refractivity contribution in [2.45, 2.75) is 95.7 Å². The number of anilines is 2. The van der Waals surface area contributed by atoms with Crippen LogP contribution in [0.4, 0.5) is 24.5 Å². The fourth-order valence-electron chi connectivity index (χ4n) is 8.78. The minimum absolute atomic E-state index is 0.000406. The molecule has 0 spiro atoms. The highest BCUT2D eigenvalue weighted by Gasteiger charge is 2.51. The average molecular weight is 1030 g/mol. The minimum atomic E-state index is -4.80. The van der Waals surface area contributed by atoms with Crippen molar-refractivity contribution in [3.63, 3.8) is 0 Å². The number of aromatic nitrogens is 1. The van der Waals surface area contributed by atoms with E-state index in [1.807, 2.05) is 38.1 Å². The molecule has 4 amide bonds. The molecule has 0 aliphatic carbocycles. The lowest BCUT2D eigenvalue weighted by molar-refractivity contribution is -0.149. The zero-order valence-electron chi connectivity index (χ0n) is 40.4. The van der Waals surface area contributed by atoms with Gasteiger partial charge >= 0.3 is 6.18 Å². The molecule has 3 aliphatic rings. The van der Waals surface area contributed by atoms with Gasteiger partial charge in [-0.2, -0.15) is 18.4 Å². The number of thiocarbonyl (C=S) groups is 1. The third kappa shape index (κ3) is 12.6. The number of alkyl halides is 3. The smallest absolute Gasteiger partial charge is 0.417 e. The fraction of sp³-hybridized carbons (Fsp3) is 0.471. The number of likely N-dealkylation sites (tertiary alicyclic amines) is 1. The number of thiazole rings is 1. The molecule has 4 heterocycles. The van der Waals surface area contributed by atoms with Gasteiger partial charge in [-0.3, -0.25) is 24.1 Å². The maximum absolute atomic E-state index is 14.0. The van der Waals surface area contributed by atoms with E-state index in [0.717, 1.165) is 58.0 Å². The fourth-order valence-corrected chi connectivity index (χ4v) is 10.1. The maximum atomic E-state index is 14.0. The molecule has 0 bridgehead atoms. The number of halogens is 3. The summed E-state index contributed by atoms with van der Waals surface area (Å²) in [6.07, 6.45) is -2.70. The molecule has 0 saturated carbocycles. The number of aryl methyl sites for hydroxylation is 1.